The molecule has 0 N–H and O–H groups in total. The minimum Gasteiger partial charge on any atom is -0.491 e. The maximum atomic E-state index is 11.6. The summed E-state index contributed by atoms with van der Waals surface area (Å²) in [5.74, 6) is 0.525. The van der Waals surface area contributed by atoms with E-state index in [1.54, 1.807) is 33.2 Å². The van der Waals surface area contributed by atoms with E-state index in [0.717, 1.165) is 0 Å². The first-order chi connectivity index (χ1) is 8.21. The van der Waals surface area contributed by atoms with Gasteiger partial charge in [0.2, 0.25) is 0 Å². The molecule has 88 valence electrons. The molecule has 0 spiro atoms. The van der Waals surface area contributed by atoms with Crippen molar-refractivity contribution in [2.45, 2.75) is 6.32 Å². The molecular formula is C12H14BNO3. The molecule has 0 atom stereocenters. The molecule has 0 radical (unpaired) electrons. The lowest BCUT2D eigenvalue weighted by molar-refractivity contribution is 0.101. The lowest BCUT2D eigenvalue weighted by Crippen LogP contribution is -2.06. The Hall–Kier alpha value is -1.80. The Morgan fingerprint density at radius 1 is 1.41 bits per heavy atom. The molecule has 1 aromatic carbocycles. The highest BCUT2D eigenvalue weighted by atomic mass is 16.5. The predicted octanol–water partition coefficient (Wildman–Crippen LogP) is 0.818. The van der Waals surface area contributed by atoms with Gasteiger partial charge in [0, 0.05) is 12.7 Å². The Balaban J connectivity index is 2.90. The summed E-state index contributed by atoms with van der Waals surface area (Å²) in [6.45, 7) is 0.860. The van der Waals surface area contributed by atoms with E-state index in [1.165, 1.54) is 0 Å². The molecule has 0 aliphatic heterocycles. The zero-order valence-electron chi connectivity index (χ0n) is 10.0. The first-order valence-corrected chi connectivity index (χ1v) is 5.41. The van der Waals surface area contributed by atoms with E-state index < -0.39 is 0 Å². The zero-order chi connectivity index (χ0) is 12.7. The van der Waals surface area contributed by atoms with E-state index in [2.05, 4.69) is 0 Å². The highest BCUT2D eigenvalue weighted by Gasteiger charge is 2.07. The summed E-state index contributed by atoms with van der Waals surface area (Å²) in [7, 11) is 3.37. The summed E-state index contributed by atoms with van der Waals surface area (Å²) in [5.41, 5.74) is 0.940. The van der Waals surface area contributed by atoms with Gasteiger partial charge in [-0.25, -0.2) is 0 Å². The maximum absolute atomic E-state index is 11.6. The van der Waals surface area contributed by atoms with E-state index in [9.17, 15) is 4.79 Å². The topological polar surface area (TPSA) is 59.3 Å². The monoisotopic (exact) mass is 231 g/mol. The van der Waals surface area contributed by atoms with Crippen LogP contribution in [0, 0.1) is 11.3 Å². The van der Waals surface area contributed by atoms with Crippen molar-refractivity contribution in [3.05, 3.63) is 29.3 Å². The molecule has 0 bridgehead atoms. The Bertz CT molecular complexity index is 440. The van der Waals surface area contributed by atoms with Crippen LogP contribution in [0.1, 0.15) is 15.9 Å². The molecule has 0 aliphatic rings. The van der Waals surface area contributed by atoms with Gasteiger partial charge in [0.15, 0.2) is 5.78 Å². The fourth-order valence-electron chi connectivity index (χ4n) is 1.35. The van der Waals surface area contributed by atoms with Gasteiger partial charge in [0.1, 0.15) is 20.2 Å². The molecule has 0 fully saturated rings. The maximum Gasteiger partial charge on any atom is 0.155 e. The van der Waals surface area contributed by atoms with Crippen molar-refractivity contribution in [2.24, 2.45) is 0 Å². The van der Waals surface area contributed by atoms with Crippen LogP contribution in [0.15, 0.2) is 18.2 Å². The highest BCUT2D eigenvalue weighted by Crippen LogP contribution is 2.18. The van der Waals surface area contributed by atoms with E-state index in [0.29, 0.717) is 36.4 Å². The quantitative estimate of drug-likeness (QED) is 0.413. The van der Waals surface area contributed by atoms with Crippen molar-refractivity contribution in [2.75, 3.05) is 20.3 Å². The van der Waals surface area contributed by atoms with Gasteiger partial charge in [0.05, 0.1) is 18.2 Å². The summed E-state index contributed by atoms with van der Waals surface area (Å²) in [4.78, 5) is 11.6. The number of rotatable bonds is 6. The van der Waals surface area contributed by atoms with Gasteiger partial charge in [0.25, 0.3) is 0 Å². The first-order valence-electron chi connectivity index (χ1n) is 5.41. The van der Waals surface area contributed by atoms with Gasteiger partial charge in [-0.15, -0.1) is 0 Å². The molecule has 5 heteroatoms. The number of benzene rings is 1. The molecule has 0 saturated heterocycles. The molecule has 0 unspecified atom stereocenters. The molecule has 0 amide bonds. The second-order valence-corrected chi connectivity index (χ2v) is 3.48. The molecule has 1 rings (SSSR count). The van der Waals surface area contributed by atoms with Crippen LogP contribution in [-0.2, 0) is 4.74 Å². The van der Waals surface area contributed by atoms with E-state index in [1.807, 2.05) is 6.07 Å². The molecule has 0 aromatic heterocycles. The van der Waals surface area contributed by atoms with Crippen molar-refractivity contribution >= 4 is 13.6 Å². The minimum absolute atomic E-state index is 0.00121. The third-order valence-corrected chi connectivity index (χ3v) is 2.23. The van der Waals surface area contributed by atoms with E-state index in [-0.39, 0.29) is 5.78 Å². The van der Waals surface area contributed by atoms with Gasteiger partial charge in [-0.05, 0) is 24.5 Å². The average Bonchev–Trinajstić information content (AvgIpc) is 2.37. The largest absolute Gasteiger partial charge is 0.491 e. The van der Waals surface area contributed by atoms with Crippen molar-refractivity contribution < 1.29 is 14.3 Å². The number of ether oxygens (including phenoxy) is 2. The predicted molar refractivity (Wildman–Crippen MR) is 66.2 cm³/mol. The van der Waals surface area contributed by atoms with Crippen LogP contribution in [0.2, 0.25) is 6.32 Å². The van der Waals surface area contributed by atoms with Crippen molar-refractivity contribution in [1.82, 2.24) is 0 Å². The van der Waals surface area contributed by atoms with E-state index >= 15 is 0 Å². The lowest BCUT2D eigenvalue weighted by Gasteiger charge is -2.07. The number of hydrogen-bond acceptors (Lipinski definition) is 4. The van der Waals surface area contributed by atoms with Crippen molar-refractivity contribution in [3.8, 4) is 11.8 Å². The van der Waals surface area contributed by atoms with Crippen LogP contribution < -0.4 is 4.74 Å². The van der Waals surface area contributed by atoms with Crippen LogP contribution in [0.4, 0.5) is 0 Å². The van der Waals surface area contributed by atoms with E-state index in [4.69, 9.17) is 14.7 Å². The van der Waals surface area contributed by atoms with Crippen LogP contribution >= 0.6 is 0 Å². The number of nitrogens with zero attached hydrogens (tertiary/aromatic N) is 1. The Kier molecular flexibility index (Phi) is 5.24. The fraction of sp³-hybridized carbons (Fsp3) is 0.333. The standard InChI is InChI=1S/C12H14BNO3/c1-16-2-3-17-11-5-9(8-14)4-10(6-11)12(15)7-13/h4-6H,2-3,7,13H2,1H3. The molecule has 17 heavy (non-hydrogen) atoms. The SMILES string of the molecule is BCC(=O)c1cc(C#N)cc(OCCOC)c1. The first kappa shape index (κ1) is 13.3. The Labute approximate surface area is 102 Å². The zero-order valence-corrected chi connectivity index (χ0v) is 10.0. The Morgan fingerprint density at radius 2 is 2.18 bits per heavy atom. The Morgan fingerprint density at radius 3 is 2.76 bits per heavy atom. The van der Waals surface area contributed by atoms with Crippen LogP contribution in [0.5, 0.6) is 5.75 Å². The van der Waals surface area contributed by atoms with Gasteiger partial charge < -0.3 is 9.47 Å². The number of carbonyl (C=O) groups is 1. The summed E-state index contributed by atoms with van der Waals surface area (Å²) >= 11 is 0. The highest BCUT2D eigenvalue weighted by molar-refractivity contribution is 6.24. The second-order valence-electron chi connectivity index (χ2n) is 3.48. The average molecular weight is 231 g/mol. The van der Waals surface area contributed by atoms with Gasteiger partial charge in [-0.2, -0.15) is 5.26 Å². The van der Waals surface area contributed by atoms with Crippen LogP contribution in [0.25, 0.3) is 0 Å². The van der Waals surface area contributed by atoms with Gasteiger partial charge >= 0.3 is 0 Å². The molecule has 4 nitrogen and oxygen atoms in total. The number of hydrogen-bond donors (Lipinski definition) is 0. The number of Topliss-reactive ketones (excluding diaryl/α,β-unsaturated/α-hetero) is 1. The third-order valence-electron chi connectivity index (χ3n) is 2.23. The van der Waals surface area contributed by atoms with Gasteiger partial charge in [-0.1, -0.05) is 0 Å². The number of methoxy groups -OCH3 is 1. The van der Waals surface area contributed by atoms with Crippen LogP contribution in [0.3, 0.4) is 0 Å². The lowest BCUT2D eigenvalue weighted by atomic mass is 9.95. The summed E-state index contributed by atoms with van der Waals surface area (Å²) in [6.07, 6.45) is 0.409. The normalized spacial score (nSPS) is 9.65. The number of ketones is 1. The molecule has 0 heterocycles. The van der Waals surface area contributed by atoms with Crippen molar-refractivity contribution in [3.63, 3.8) is 0 Å². The molecular weight excluding hydrogens is 217 g/mol. The van der Waals surface area contributed by atoms with Crippen LogP contribution in [-0.4, -0.2) is 34.0 Å². The summed E-state index contributed by atoms with van der Waals surface area (Å²) < 4.78 is 10.3. The summed E-state index contributed by atoms with van der Waals surface area (Å²) in [5, 5.41) is 8.87. The third kappa shape index (κ3) is 3.93. The molecule has 0 aliphatic carbocycles. The molecule has 1 aromatic rings. The minimum atomic E-state index is -0.00121. The summed E-state index contributed by atoms with van der Waals surface area (Å²) in [6, 6.07) is 6.86. The van der Waals surface area contributed by atoms with Crippen molar-refractivity contribution in [1.29, 1.82) is 5.26 Å². The second kappa shape index (κ2) is 6.72. The fourth-order valence-corrected chi connectivity index (χ4v) is 1.35. The molecule has 0 saturated carbocycles. The number of carbonyl (C=O) groups excluding carboxylic acids is 1. The number of nitriles is 1. The van der Waals surface area contributed by atoms with Gasteiger partial charge in [-0.3, -0.25) is 4.79 Å². The smallest absolute Gasteiger partial charge is 0.155 e.